The molecule has 6 heteroatoms. The highest BCUT2D eigenvalue weighted by Crippen LogP contribution is 2.26. The molecule has 1 unspecified atom stereocenters. The van der Waals surface area contributed by atoms with E-state index in [1.54, 1.807) is 31.1 Å². The number of hydrogen-bond donors (Lipinski definition) is 0. The molecule has 0 radical (unpaired) electrons. The van der Waals surface area contributed by atoms with Crippen molar-refractivity contribution in [3.05, 3.63) is 30.1 Å². The fourth-order valence-corrected chi connectivity index (χ4v) is 2.97. The SMILES string of the molecule is COc1ccc2c(C(=O)N3CCCC(C)(OC)C3)cnn2c1. The van der Waals surface area contributed by atoms with Gasteiger partial charge in [0.25, 0.3) is 5.91 Å². The van der Waals surface area contributed by atoms with E-state index in [4.69, 9.17) is 9.47 Å². The molecule has 1 saturated heterocycles. The van der Waals surface area contributed by atoms with Crippen molar-refractivity contribution < 1.29 is 14.3 Å². The number of carbonyl (C=O) groups excluding carboxylic acids is 1. The van der Waals surface area contributed by atoms with Crippen LogP contribution < -0.4 is 4.74 Å². The highest BCUT2D eigenvalue weighted by Gasteiger charge is 2.34. The number of ether oxygens (including phenoxy) is 2. The normalized spacial score (nSPS) is 22.0. The van der Waals surface area contributed by atoms with Crippen molar-refractivity contribution in [2.45, 2.75) is 25.4 Å². The van der Waals surface area contributed by atoms with Gasteiger partial charge in [-0.25, -0.2) is 4.52 Å². The Labute approximate surface area is 129 Å². The Morgan fingerprint density at radius 2 is 2.18 bits per heavy atom. The highest BCUT2D eigenvalue weighted by atomic mass is 16.5. The van der Waals surface area contributed by atoms with Gasteiger partial charge in [-0.3, -0.25) is 4.79 Å². The van der Waals surface area contributed by atoms with Gasteiger partial charge in [0.05, 0.1) is 36.2 Å². The molecule has 0 bridgehead atoms. The number of piperidine rings is 1. The van der Waals surface area contributed by atoms with Gasteiger partial charge in [-0.2, -0.15) is 5.10 Å². The zero-order valence-corrected chi connectivity index (χ0v) is 13.2. The average molecular weight is 303 g/mol. The van der Waals surface area contributed by atoms with Crippen LogP contribution in [0, 0.1) is 0 Å². The average Bonchev–Trinajstić information content (AvgIpc) is 2.97. The summed E-state index contributed by atoms with van der Waals surface area (Å²) in [6, 6.07) is 3.70. The van der Waals surface area contributed by atoms with E-state index in [-0.39, 0.29) is 11.5 Å². The van der Waals surface area contributed by atoms with Gasteiger partial charge in [0.15, 0.2) is 0 Å². The van der Waals surface area contributed by atoms with E-state index in [9.17, 15) is 4.79 Å². The molecule has 1 atom stereocenters. The maximum absolute atomic E-state index is 12.8. The molecule has 0 aromatic carbocycles. The molecule has 2 aromatic heterocycles. The van der Waals surface area contributed by atoms with E-state index in [0.29, 0.717) is 17.9 Å². The van der Waals surface area contributed by atoms with Crippen LogP contribution in [0.15, 0.2) is 24.5 Å². The number of pyridine rings is 1. The molecule has 0 N–H and O–H groups in total. The number of amides is 1. The quantitative estimate of drug-likeness (QED) is 0.870. The summed E-state index contributed by atoms with van der Waals surface area (Å²) in [5.41, 5.74) is 1.14. The monoisotopic (exact) mass is 303 g/mol. The van der Waals surface area contributed by atoms with Crippen molar-refractivity contribution in [3.8, 4) is 5.75 Å². The highest BCUT2D eigenvalue weighted by molar-refractivity contribution is 6.00. The Morgan fingerprint density at radius 1 is 1.36 bits per heavy atom. The van der Waals surface area contributed by atoms with Gasteiger partial charge in [0.1, 0.15) is 5.75 Å². The lowest BCUT2D eigenvalue weighted by molar-refractivity contribution is -0.0439. The van der Waals surface area contributed by atoms with Gasteiger partial charge in [0, 0.05) is 20.2 Å². The summed E-state index contributed by atoms with van der Waals surface area (Å²) in [6.45, 7) is 3.41. The van der Waals surface area contributed by atoms with E-state index in [1.807, 2.05) is 24.0 Å². The Bertz CT molecular complexity index is 697. The van der Waals surface area contributed by atoms with Crippen molar-refractivity contribution in [2.24, 2.45) is 0 Å². The summed E-state index contributed by atoms with van der Waals surface area (Å²) >= 11 is 0. The van der Waals surface area contributed by atoms with Gasteiger partial charge < -0.3 is 14.4 Å². The third-order valence-electron chi connectivity index (χ3n) is 4.39. The summed E-state index contributed by atoms with van der Waals surface area (Å²) in [7, 11) is 3.31. The first kappa shape index (κ1) is 14.8. The molecule has 3 rings (SSSR count). The van der Waals surface area contributed by atoms with Crippen LogP contribution in [0.25, 0.3) is 5.52 Å². The molecule has 22 heavy (non-hydrogen) atoms. The maximum Gasteiger partial charge on any atom is 0.257 e. The minimum Gasteiger partial charge on any atom is -0.495 e. The fourth-order valence-electron chi connectivity index (χ4n) is 2.97. The Morgan fingerprint density at radius 3 is 2.91 bits per heavy atom. The van der Waals surface area contributed by atoms with Gasteiger partial charge in [0.2, 0.25) is 0 Å². The molecule has 0 saturated carbocycles. The lowest BCUT2D eigenvalue weighted by Gasteiger charge is -2.39. The number of likely N-dealkylation sites (tertiary alicyclic amines) is 1. The molecule has 3 heterocycles. The summed E-state index contributed by atoms with van der Waals surface area (Å²) in [6.07, 6.45) is 5.31. The predicted molar refractivity (Wildman–Crippen MR) is 82.3 cm³/mol. The topological polar surface area (TPSA) is 56.1 Å². The second kappa shape index (κ2) is 5.61. The van der Waals surface area contributed by atoms with E-state index in [0.717, 1.165) is 24.9 Å². The molecular weight excluding hydrogens is 282 g/mol. The van der Waals surface area contributed by atoms with E-state index in [1.165, 1.54) is 0 Å². The number of rotatable bonds is 3. The van der Waals surface area contributed by atoms with Crippen molar-refractivity contribution >= 4 is 11.4 Å². The summed E-state index contributed by atoms with van der Waals surface area (Å²) in [4.78, 5) is 14.7. The Hall–Kier alpha value is -2.08. The first-order valence-electron chi connectivity index (χ1n) is 7.42. The number of nitrogens with zero attached hydrogens (tertiary/aromatic N) is 3. The molecule has 6 nitrogen and oxygen atoms in total. The first-order chi connectivity index (χ1) is 10.6. The van der Waals surface area contributed by atoms with Crippen molar-refractivity contribution in [1.29, 1.82) is 0 Å². The largest absolute Gasteiger partial charge is 0.495 e. The third-order valence-corrected chi connectivity index (χ3v) is 4.39. The van der Waals surface area contributed by atoms with Gasteiger partial charge in [-0.15, -0.1) is 0 Å². The minimum atomic E-state index is -0.264. The van der Waals surface area contributed by atoms with E-state index < -0.39 is 0 Å². The van der Waals surface area contributed by atoms with E-state index in [2.05, 4.69) is 5.10 Å². The van der Waals surface area contributed by atoms with E-state index >= 15 is 0 Å². The van der Waals surface area contributed by atoms with Crippen LogP contribution in [0.5, 0.6) is 5.75 Å². The van der Waals surface area contributed by atoms with Gasteiger partial charge in [-0.1, -0.05) is 0 Å². The molecule has 1 aliphatic rings. The molecule has 0 spiro atoms. The van der Waals surface area contributed by atoms with Crippen molar-refractivity contribution in [1.82, 2.24) is 14.5 Å². The summed E-state index contributed by atoms with van der Waals surface area (Å²) < 4.78 is 12.4. The second-order valence-electron chi connectivity index (χ2n) is 5.94. The number of hydrogen-bond acceptors (Lipinski definition) is 4. The van der Waals surface area contributed by atoms with Gasteiger partial charge >= 0.3 is 0 Å². The number of fused-ring (bicyclic) bond motifs is 1. The van der Waals surface area contributed by atoms with Crippen LogP contribution in [0.2, 0.25) is 0 Å². The summed E-state index contributed by atoms with van der Waals surface area (Å²) in [5.74, 6) is 0.711. The molecule has 2 aromatic rings. The summed E-state index contributed by atoms with van der Waals surface area (Å²) in [5, 5.41) is 4.26. The van der Waals surface area contributed by atoms with Crippen LogP contribution in [-0.2, 0) is 4.74 Å². The molecule has 1 aliphatic heterocycles. The molecule has 1 fully saturated rings. The van der Waals surface area contributed by atoms with Crippen LogP contribution in [0.4, 0.5) is 0 Å². The maximum atomic E-state index is 12.8. The minimum absolute atomic E-state index is 0.00291. The molecule has 118 valence electrons. The number of carbonyl (C=O) groups is 1. The smallest absolute Gasteiger partial charge is 0.257 e. The third kappa shape index (κ3) is 2.54. The lowest BCUT2D eigenvalue weighted by atomic mass is 9.94. The number of aromatic nitrogens is 2. The van der Waals surface area contributed by atoms with Crippen LogP contribution in [0.1, 0.15) is 30.1 Å². The van der Waals surface area contributed by atoms with Crippen LogP contribution in [-0.4, -0.2) is 53.3 Å². The Kier molecular flexibility index (Phi) is 3.78. The zero-order chi connectivity index (χ0) is 15.7. The standard InChI is InChI=1S/C16H21N3O3/c1-16(22-3)7-4-8-18(11-16)15(20)13-9-17-19-10-12(21-2)5-6-14(13)19/h5-6,9-10H,4,7-8,11H2,1-3H3. The molecular formula is C16H21N3O3. The van der Waals surface area contributed by atoms with Crippen molar-refractivity contribution in [2.75, 3.05) is 27.3 Å². The van der Waals surface area contributed by atoms with Crippen LogP contribution >= 0.6 is 0 Å². The Balaban J connectivity index is 1.89. The molecule has 0 aliphatic carbocycles. The fraction of sp³-hybridized carbons (Fsp3) is 0.500. The molecule has 1 amide bonds. The number of methoxy groups -OCH3 is 2. The zero-order valence-electron chi connectivity index (χ0n) is 13.2. The predicted octanol–water partition coefficient (Wildman–Crippen LogP) is 1.98. The lowest BCUT2D eigenvalue weighted by Crippen LogP contribution is -2.49. The first-order valence-corrected chi connectivity index (χ1v) is 7.42. The van der Waals surface area contributed by atoms with Crippen molar-refractivity contribution in [3.63, 3.8) is 0 Å². The second-order valence-corrected chi connectivity index (χ2v) is 5.94. The van der Waals surface area contributed by atoms with Gasteiger partial charge in [-0.05, 0) is 31.9 Å². The van der Waals surface area contributed by atoms with Crippen LogP contribution in [0.3, 0.4) is 0 Å².